The number of halogens is 3. The molecule has 0 saturated heterocycles. The van der Waals surface area contributed by atoms with Crippen molar-refractivity contribution in [2.75, 3.05) is 19.0 Å². The van der Waals surface area contributed by atoms with Gasteiger partial charge in [0.2, 0.25) is 5.91 Å². The Balaban J connectivity index is 1.91. The van der Waals surface area contributed by atoms with E-state index in [0.717, 1.165) is 0 Å². The minimum absolute atomic E-state index is 0.0123. The lowest BCUT2D eigenvalue weighted by Gasteiger charge is -2.20. The van der Waals surface area contributed by atoms with E-state index in [9.17, 15) is 18.0 Å². The summed E-state index contributed by atoms with van der Waals surface area (Å²) in [6, 6.07) is 6.70. The fourth-order valence-corrected chi connectivity index (χ4v) is 1.88. The number of amides is 1. The third kappa shape index (κ3) is 3.04. The monoisotopic (exact) mass is 288 g/mol. The van der Waals surface area contributed by atoms with Crippen molar-refractivity contribution < 1.29 is 22.7 Å². The number of para-hydroxylation sites is 2. The second-order valence-electron chi connectivity index (χ2n) is 4.68. The molecule has 20 heavy (non-hydrogen) atoms. The van der Waals surface area contributed by atoms with E-state index in [4.69, 9.17) is 4.74 Å². The van der Waals surface area contributed by atoms with Crippen molar-refractivity contribution in [2.24, 2.45) is 0 Å². The van der Waals surface area contributed by atoms with Crippen LogP contribution < -0.4 is 15.4 Å². The van der Waals surface area contributed by atoms with Crippen molar-refractivity contribution in [2.45, 2.75) is 24.6 Å². The molecule has 0 radical (unpaired) electrons. The van der Waals surface area contributed by atoms with Crippen LogP contribution >= 0.6 is 0 Å². The first-order valence-electron chi connectivity index (χ1n) is 6.13. The van der Waals surface area contributed by atoms with Crippen LogP contribution in [0.4, 0.5) is 18.9 Å². The Labute approximate surface area is 114 Å². The summed E-state index contributed by atoms with van der Waals surface area (Å²) in [6.45, 7) is -0.391. The van der Waals surface area contributed by atoms with Crippen LogP contribution in [0.2, 0.25) is 0 Å². The number of methoxy groups -OCH3 is 1. The normalized spacial score (nSPS) is 16.6. The number of anilines is 1. The molecule has 2 rings (SSSR count). The minimum Gasteiger partial charge on any atom is -0.495 e. The van der Waals surface area contributed by atoms with E-state index >= 15 is 0 Å². The van der Waals surface area contributed by atoms with Crippen molar-refractivity contribution in [1.82, 2.24) is 5.32 Å². The summed E-state index contributed by atoms with van der Waals surface area (Å²) < 4.78 is 43.1. The van der Waals surface area contributed by atoms with Crippen molar-refractivity contribution in [3.8, 4) is 5.75 Å². The van der Waals surface area contributed by atoms with Crippen LogP contribution in [-0.4, -0.2) is 31.3 Å². The highest BCUT2D eigenvalue weighted by atomic mass is 19.4. The summed E-state index contributed by atoms with van der Waals surface area (Å²) in [7, 11) is 1.45. The van der Waals surface area contributed by atoms with Gasteiger partial charge in [0.25, 0.3) is 0 Å². The molecule has 1 aliphatic carbocycles. The van der Waals surface area contributed by atoms with Gasteiger partial charge in [-0.3, -0.25) is 10.1 Å². The predicted octanol–water partition coefficient (Wildman–Crippen LogP) is 2.32. The van der Waals surface area contributed by atoms with Crippen molar-refractivity contribution in [3.63, 3.8) is 0 Å². The molecule has 0 unspecified atom stereocenters. The third-order valence-electron chi connectivity index (χ3n) is 3.26. The summed E-state index contributed by atoms with van der Waals surface area (Å²) in [5.74, 6) is -0.0807. The average molecular weight is 288 g/mol. The molecule has 1 aromatic rings. The number of nitrogens with one attached hydrogen (secondary N) is 2. The van der Waals surface area contributed by atoms with Crippen molar-refractivity contribution >= 4 is 11.6 Å². The van der Waals surface area contributed by atoms with Crippen LogP contribution in [0.3, 0.4) is 0 Å². The van der Waals surface area contributed by atoms with E-state index < -0.39 is 24.2 Å². The largest absolute Gasteiger partial charge is 0.495 e. The first-order valence-corrected chi connectivity index (χ1v) is 6.13. The lowest BCUT2D eigenvalue weighted by Crippen LogP contribution is -2.47. The molecule has 0 aliphatic heterocycles. The number of carbonyl (C=O) groups excluding carboxylic acids is 1. The zero-order valence-electron chi connectivity index (χ0n) is 10.9. The summed E-state index contributed by atoms with van der Waals surface area (Å²) in [5, 5.41) is 4.81. The molecule has 1 aliphatic rings. The highest BCUT2D eigenvalue weighted by molar-refractivity contribution is 5.93. The first-order chi connectivity index (χ1) is 9.38. The number of rotatable bonds is 5. The van der Waals surface area contributed by atoms with Gasteiger partial charge in [-0.05, 0) is 25.0 Å². The van der Waals surface area contributed by atoms with Gasteiger partial charge >= 0.3 is 6.18 Å². The van der Waals surface area contributed by atoms with E-state index in [0.29, 0.717) is 11.4 Å². The van der Waals surface area contributed by atoms with Gasteiger partial charge in [-0.1, -0.05) is 12.1 Å². The fourth-order valence-electron chi connectivity index (χ4n) is 1.88. The van der Waals surface area contributed by atoms with Crippen molar-refractivity contribution in [3.05, 3.63) is 24.3 Å². The Morgan fingerprint density at radius 1 is 1.35 bits per heavy atom. The number of ether oxygens (including phenoxy) is 1. The standard InChI is InChI=1S/C13H15F3N2O2/c1-20-10-5-3-2-4-9(10)18-11(19)8-17-12(6-7-12)13(14,15)16/h2-5,17H,6-8H2,1H3,(H,18,19). The van der Waals surface area contributed by atoms with Gasteiger partial charge in [-0.15, -0.1) is 0 Å². The summed E-state index contributed by atoms with van der Waals surface area (Å²) in [4.78, 5) is 11.7. The van der Waals surface area contributed by atoms with Gasteiger partial charge in [0.1, 0.15) is 11.3 Å². The number of carbonyl (C=O) groups is 1. The third-order valence-corrected chi connectivity index (χ3v) is 3.26. The molecular weight excluding hydrogens is 273 g/mol. The van der Waals surface area contributed by atoms with E-state index in [-0.39, 0.29) is 12.8 Å². The molecule has 2 N–H and O–H groups in total. The van der Waals surface area contributed by atoms with E-state index in [1.807, 2.05) is 0 Å². The number of benzene rings is 1. The topological polar surface area (TPSA) is 50.4 Å². The van der Waals surface area contributed by atoms with Gasteiger partial charge in [0, 0.05) is 0 Å². The number of hydrogen-bond donors (Lipinski definition) is 2. The Morgan fingerprint density at radius 3 is 2.55 bits per heavy atom. The van der Waals surface area contributed by atoms with Crippen LogP contribution in [-0.2, 0) is 4.79 Å². The van der Waals surface area contributed by atoms with Crippen LogP contribution in [0.25, 0.3) is 0 Å². The Kier molecular flexibility index (Phi) is 3.89. The second kappa shape index (κ2) is 5.32. The Hall–Kier alpha value is -1.76. The molecule has 0 heterocycles. The maximum Gasteiger partial charge on any atom is 0.406 e. The summed E-state index contributed by atoms with van der Waals surface area (Å²) >= 11 is 0. The average Bonchev–Trinajstić information content (AvgIpc) is 3.17. The van der Waals surface area contributed by atoms with Crippen LogP contribution in [0.1, 0.15) is 12.8 Å². The molecule has 110 valence electrons. The first kappa shape index (κ1) is 14.6. The highest BCUT2D eigenvalue weighted by Crippen LogP contribution is 2.48. The van der Waals surface area contributed by atoms with E-state index in [1.165, 1.54) is 7.11 Å². The van der Waals surface area contributed by atoms with Crippen LogP contribution in [0.5, 0.6) is 5.75 Å². The molecule has 1 aromatic carbocycles. The number of hydrogen-bond acceptors (Lipinski definition) is 3. The van der Waals surface area contributed by atoms with Crippen LogP contribution in [0.15, 0.2) is 24.3 Å². The molecule has 0 aromatic heterocycles. The van der Waals surface area contributed by atoms with Gasteiger partial charge in [0.05, 0.1) is 19.3 Å². The predicted molar refractivity (Wildman–Crippen MR) is 67.6 cm³/mol. The zero-order valence-corrected chi connectivity index (χ0v) is 10.9. The highest BCUT2D eigenvalue weighted by Gasteiger charge is 2.63. The molecule has 1 saturated carbocycles. The van der Waals surface area contributed by atoms with Gasteiger partial charge in [-0.25, -0.2) is 0 Å². The van der Waals surface area contributed by atoms with Crippen LogP contribution in [0, 0.1) is 0 Å². The summed E-state index contributed by atoms with van der Waals surface area (Å²) in [5.41, 5.74) is -1.45. The quantitative estimate of drug-likeness (QED) is 0.874. The second-order valence-corrected chi connectivity index (χ2v) is 4.68. The molecule has 0 bridgehead atoms. The number of alkyl halides is 3. The van der Waals surface area contributed by atoms with E-state index in [2.05, 4.69) is 10.6 Å². The minimum atomic E-state index is -4.32. The maximum absolute atomic E-state index is 12.7. The lowest BCUT2D eigenvalue weighted by molar-refractivity contribution is -0.165. The van der Waals surface area contributed by atoms with Gasteiger partial charge in [0.15, 0.2) is 0 Å². The molecule has 1 fully saturated rings. The summed E-state index contributed by atoms with van der Waals surface area (Å²) in [6.07, 6.45) is -4.30. The molecule has 0 atom stereocenters. The Morgan fingerprint density at radius 2 is 2.00 bits per heavy atom. The molecule has 0 spiro atoms. The maximum atomic E-state index is 12.7. The zero-order chi connectivity index (χ0) is 14.8. The van der Waals surface area contributed by atoms with Crippen molar-refractivity contribution in [1.29, 1.82) is 0 Å². The Bertz CT molecular complexity index is 499. The molecular formula is C13H15F3N2O2. The molecule has 4 nitrogen and oxygen atoms in total. The van der Waals surface area contributed by atoms with Gasteiger partial charge in [-0.2, -0.15) is 13.2 Å². The lowest BCUT2D eigenvalue weighted by atomic mass is 10.2. The molecule has 1 amide bonds. The fraction of sp³-hybridized carbons (Fsp3) is 0.462. The smallest absolute Gasteiger partial charge is 0.406 e. The SMILES string of the molecule is COc1ccccc1NC(=O)CNC1(C(F)(F)F)CC1. The van der Waals surface area contributed by atoms with E-state index in [1.54, 1.807) is 24.3 Å². The molecule has 7 heteroatoms. The van der Waals surface area contributed by atoms with Gasteiger partial charge < -0.3 is 10.1 Å².